The SMILES string of the molecule is CC(C)(C)OCC(Cc1ccc(-c2ncc(Br)cn2)cc1)NC(=O)c1ccc(C(C)(C)C)s1. The van der Waals surface area contributed by atoms with Crippen LogP contribution in [0.25, 0.3) is 11.4 Å². The topological polar surface area (TPSA) is 64.1 Å². The van der Waals surface area contributed by atoms with Crippen LogP contribution in [0, 0.1) is 0 Å². The molecule has 176 valence electrons. The number of amides is 1. The summed E-state index contributed by atoms with van der Waals surface area (Å²) in [5.41, 5.74) is 1.80. The van der Waals surface area contributed by atoms with E-state index in [0.717, 1.165) is 20.5 Å². The molecule has 1 N–H and O–H groups in total. The monoisotopic (exact) mass is 529 g/mol. The van der Waals surface area contributed by atoms with Gasteiger partial charge in [0.25, 0.3) is 5.91 Å². The van der Waals surface area contributed by atoms with Crippen LogP contribution in [0.3, 0.4) is 0 Å². The van der Waals surface area contributed by atoms with E-state index in [0.29, 0.717) is 18.9 Å². The van der Waals surface area contributed by atoms with Gasteiger partial charge in [0.2, 0.25) is 0 Å². The molecule has 0 aliphatic carbocycles. The molecule has 0 fully saturated rings. The summed E-state index contributed by atoms with van der Waals surface area (Å²) in [7, 11) is 0. The Bertz CT molecular complexity index is 1060. The van der Waals surface area contributed by atoms with Crippen LogP contribution in [-0.2, 0) is 16.6 Å². The third-order valence-electron chi connectivity index (χ3n) is 4.94. The average Bonchev–Trinajstić information content (AvgIpc) is 3.24. The van der Waals surface area contributed by atoms with Crippen molar-refractivity contribution in [3.63, 3.8) is 0 Å². The van der Waals surface area contributed by atoms with Crippen LogP contribution < -0.4 is 5.32 Å². The second kappa shape index (κ2) is 10.5. The molecule has 1 unspecified atom stereocenters. The van der Waals surface area contributed by atoms with E-state index in [-0.39, 0.29) is 23.0 Å². The Balaban J connectivity index is 1.72. The summed E-state index contributed by atoms with van der Waals surface area (Å²) >= 11 is 4.91. The summed E-state index contributed by atoms with van der Waals surface area (Å²) in [4.78, 5) is 23.6. The third kappa shape index (κ3) is 7.73. The second-order valence-electron chi connectivity index (χ2n) is 10.1. The molecule has 0 saturated heterocycles. The average molecular weight is 531 g/mol. The summed E-state index contributed by atoms with van der Waals surface area (Å²) in [6.45, 7) is 13.0. The van der Waals surface area contributed by atoms with Crippen molar-refractivity contribution < 1.29 is 9.53 Å². The van der Waals surface area contributed by atoms with Gasteiger partial charge in [-0.1, -0.05) is 45.0 Å². The summed E-state index contributed by atoms with van der Waals surface area (Å²) in [5, 5.41) is 3.19. The summed E-state index contributed by atoms with van der Waals surface area (Å²) in [6, 6.07) is 11.9. The van der Waals surface area contributed by atoms with Crippen molar-refractivity contribution in [1.82, 2.24) is 15.3 Å². The number of benzene rings is 1. The van der Waals surface area contributed by atoms with Gasteiger partial charge in [0.05, 0.1) is 27.6 Å². The minimum atomic E-state index is -0.284. The van der Waals surface area contributed by atoms with Gasteiger partial charge in [0.15, 0.2) is 5.82 Å². The molecule has 0 aliphatic rings. The molecule has 0 saturated carbocycles. The molecular formula is C26H32BrN3O2S. The molecule has 2 aromatic heterocycles. The van der Waals surface area contributed by atoms with Crippen LogP contribution in [-0.4, -0.2) is 34.1 Å². The van der Waals surface area contributed by atoms with E-state index in [4.69, 9.17) is 4.74 Å². The molecule has 1 aromatic carbocycles. The van der Waals surface area contributed by atoms with E-state index in [9.17, 15) is 4.79 Å². The van der Waals surface area contributed by atoms with Crippen LogP contribution in [0.2, 0.25) is 0 Å². The van der Waals surface area contributed by atoms with Crippen molar-refractivity contribution in [2.24, 2.45) is 0 Å². The first-order valence-corrected chi connectivity index (χ1v) is 12.6. The number of carbonyl (C=O) groups excluding carboxylic acids is 1. The summed E-state index contributed by atoms with van der Waals surface area (Å²) in [5.74, 6) is 0.621. The number of thiophene rings is 1. The lowest BCUT2D eigenvalue weighted by atomic mass is 9.95. The second-order valence-corrected chi connectivity index (χ2v) is 12.1. The zero-order chi connectivity index (χ0) is 24.2. The van der Waals surface area contributed by atoms with Crippen LogP contribution >= 0.6 is 27.3 Å². The molecule has 0 radical (unpaired) electrons. The summed E-state index contributed by atoms with van der Waals surface area (Å²) in [6.07, 6.45) is 4.14. The van der Waals surface area contributed by atoms with E-state index in [1.165, 1.54) is 4.88 Å². The van der Waals surface area contributed by atoms with Crippen molar-refractivity contribution in [3.8, 4) is 11.4 Å². The number of hydrogen-bond acceptors (Lipinski definition) is 5. The van der Waals surface area contributed by atoms with E-state index in [2.05, 4.69) is 64.1 Å². The molecule has 1 amide bonds. The van der Waals surface area contributed by atoms with Gasteiger partial charge in [-0.2, -0.15) is 0 Å². The highest BCUT2D eigenvalue weighted by molar-refractivity contribution is 9.10. The first-order chi connectivity index (χ1) is 15.4. The fourth-order valence-corrected chi connectivity index (χ4v) is 4.33. The molecule has 33 heavy (non-hydrogen) atoms. The Kier molecular flexibility index (Phi) is 8.08. The highest BCUT2D eigenvalue weighted by Gasteiger charge is 2.22. The van der Waals surface area contributed by atoms with Crippen molar-refractivity contribution >= 4 is 33.2 Å². The molecule has 1 atom stereocenters. The highest BCUT2D eigenvalue weighted by atomic mass is 79.9. The number of hydrogen-bond donors (Lipinski definition) is 1. The van der Waals surface area contributed by atoms with Crippen LogP contribution in [0.4, 0.5) is 0 Å². The molecule has 0 spiro atoms. The molecule has 0 aliphatic heterocycles. The predicted molar refractivity (Wildman–Crippen MR) is 139 cm³/mol. The maximum atomic E-state index is 13.0. The van der Waals surface area contributed by atoms with Gasteiger partial charge in [-0.3, -0.25) is 4.79 Å². The van der Waals surface area contributed by atoms with Crippen molar-refractivity contribution in [2.75, 3.05) is 6.61 Å². The fraction of sp³-hybridized carbons (Fsp3) is 0.423. The van der Waals surface area contributed by atoms with Gasteiger partial charge in [0, 0.05) is 22.8 Å². The first kappa shape index (κ1) is 25.5. The highest BCUT2D eigenvalue weighted by Crippen LogP contribution is 2.29. The molecule has 5 nitrogen and oxygen atoms in total. The number of rotatable bonds is 7. The van der Waals surface area contributed by atoms with E-state index in [1.807, 2.05) is 45.0 Å². The molecule has 2 heterocycles. The van der Waals surface area contributed by atoms with Gasteiger partial charge < -0.3 is 10.1 Å². The van der Waals surface area contributed by atoms with E-state index >= 15 is 0 Å². The maximum Gasteiger partial charge on any atom is 0.261 e. The van der Waals surface area contributed by atoms with Crippen LogP contribution in [0.1, 0.15) is 61.7 Å². The van der Waals surface area contributed by atoms with Crippen LogP contribution in [0.5, 0.6) is 0 Å². The third-order valence-corrected chi connectivity index (χ3v) is 6.86. The number of nitrogens with one attached hydrogen (secondary N) is 1. The smallest absolute Gasteiger partial charge is 0.261 e. The van der Waals surface area contributed by atoms with Gasteiger partial charge >= 0.3 is 0 Å². The van der Waals surface area contributed by atoms with E-state index < -0.39 is 0 Å². The Hall–Kier alpha value is -2.09. The lowest BCUT2D eigenvalue weighted by Gasteiger charge is -2.25. The fourth-order valence-electron chi connectivity index (χ4n) is 3.16. The van der Waals surface area contributed by atoms with E-state index in [1.54, 1.807) is 23.7 Å². The first-order valence-electron chi connectivity index (χ1n) is 11.0. The maximum absolute atomic E-state index is 13.0. The van der Waals surface area contributed by atoms with Gasteiger partial charge in [0.1, 0.15) is 0 Å². The quantitative estimate of drug-likeness (QED) is 0.383. The van der Waals surface area contributed by atoms with Gasteiger partial charge in [-0.05, 0) is 66.2 Å². The van der Waals surface area contributed by atoms with Gasteiger partial charge in [-0.15, -0.1) is 11.3 Å². The Morgan fingerprint density at radius 2 is 1.67 bits per heavy atom. The number of nitrogens with zero attached hydrogens (tertiary/aromatic N) is 2. The minimum absolute atomic E-state index is 0.0260. The molecule has 0 bridgehead atoms. The minimum Gasteiger partial charge on any atom is -0.374 e. The van der Waals surface area contributed by atoms with Crippen molar-refractivity contribution in [1.29, 1.82) is 0 Å². The number of halogens is 1. The zero-order valence-electron chi connectivity index (χ0n) is 20.1. The number of carbonyl (C=O) groups is 1. The molecular weight excluding hydrogens is 498 g/mol. The standard InChI is InChI=1S/C26H32BrN3O2S/c1-25(2,3)22-12-11-21(33-22)24(31)30-20(16-32-26(4,5)6)13-17-7-9-18(10-8-17)23-28-14-19(27)15-29-23/h7-12,14-15,20H,13,16H2,1-6H3,(H,30,31). The molecule has 7 heteroatoms. The Morgan fingerprint density at radius 1 is 1.03 bits per heavy atom. The lowest BCUT2D eigenvalue weighted by molar-refractivity contribution is -0.0138. The van der Waals surface area contributed by atoms with Crippen molar-refractivity contribution in [2.45, 2.75) is 65.0 Å². The predicted octanol–water partition coefficient (Wildman–Crippen LogP) is 6.42. The number of aromatic nitrogens is 2. The summed E-state index contributed by atoms with van der Waals surface area (Å²) < 4.78 is 6.88. The van der Waals surface area contributed by atoms with Crippen LogP contribution in [0.15, 0.2) is 53.3 Å². The normalized spacial score (nSPS) is 13.1. The Morgan fingerprint density at radius 3 is 2.21 bits per heavy atom. The van der Waals surface area contributed by atoms with Crippen molar-refractivity contribution in [3.05, 3.63) is 68.6 Å². The molecule has 3 aromatic rings. The Labute approximate surface area is 209 Å². The zero-order valence-corrected chi connectivity index (χ0v) is 22.5. The van der Waals surface area contributed by atoms with Gasteiger partial charge in [-0.25, -0.2) is 9.97 Å². The lowest BCUT2D eigenvalue weighted by Crippen LogP contribution is -2.41. The molecule has 3 rings (SSSR count). The number of ether oxygens (including phenoxy) is 1. The largest absolute Gasteiger partial charge is 0.374 e.